The third-order valence-corrected chi connectivity index (χ3v) is 2.87. The van der Waals surface area contributed by atoms with Crippen LogP contribution in [0.1, 0.15) is 33.1 Å². The lowest BCUT2D eigenvalue weighted by Crippen LogP contribution is -2.28. The summed E-state index contributed by atoms with van der Waals surface area (Å²) in [6.45, 7) is 5.77. The van der Waals surface area contributed by atoms with Crippen LogP contribution >= 0.6 is 0 Å². The van der Waals surface area contributed by atoms with Crippen LogP contribution in [-0.2, 0) is 0 Å². The maximum Gasteiger partial charge on any atom is 0.323 e. The molecular formula is C11H19N5O. The molecule has 17 heavy (non-hydrogen) atoms. The SMILES string of the molecule is CCCOc1nc(N)nc(N2CCCC2C)n1. The van der Waals surface area contributed by atoms with E-state index in [1.54, 1.807) is 0 Å². The molecule has 0 amide bonds. The van der Waals surface area contributed by atoms with Gasteiger partial charge in [-0.2, -0.15) is 15.0 Å². The lowest BCUT2D eigenvalue weighted by atomic mass is 10.2. The Labute approximate surface area is 101 Å². The zero-order valence-corrected chi connectivity index (χ0v) is 10.4. The molecule has 0 radical (unpaired) electrons. The van der Waals surface area contributed by atoms with E-state index < -0.39 is 0 Å². The number of rotatable bonds is 4. The molecule has 1 atom stereocenters. The van der Waals surface area contributed by atoms with E-state index in [2.05, 4.69) is 26.8 Å². The quantitative estimate of drug-likeness (QED) is 0.848. The van der Waals surface area contributed by atoms with Crippen molar-refractivity contribution in [3.8, 4) is 6.01 Å². The van der Waals surface area contributed by atoms with Crippen LogP contribution in [0.3, 0.4) is 0 Å². The number of hydrogen-bond acceptors (Lipinski definition) is 6. The van der Waals surface area contributed by atoms with Gasteiger partial charge in [0, 0.05) is 12.6 Å². The Bertz CT molecular complexity index is 384. The van der Waals surface area contributed by atoms with Gasteiger partial charge in [0.05, 0.1) is 6.61 Å². The first-order valence-electron chi connectivity index (χ1n) is 6.11. The first-order chi connectivity index (χ1) is 8.20. The molecule has 1 saturated heterocycles. The van der Waals surface area contributed by atoms with Gasteiger partial charge >= 0.3 is 6.01 Å². The number of ether oxygens (including phenoxy) is 1. The largest absolute Gasteiger partial charge is 0.463 e. The van der Waals surface area contributed by atoms with E-state index >= 15 is 0 Å². The summed E-state index contributed by atoms with van der Waals surface area (Å²) in [4.78, 5) is 14.6. The number of anilines is 2. The van der Waals surface area contributed by atoms with Crippen LogP contribution in [0.15, 0.2) is 0 Å². The van der Waals surface area contributed by atoms with E-state index in [0.717, 1.165) is 25.8 Å². The van der Waals surface area contributed by atoms with Gasteiger partial charge in [-0.25, -0.2) is 0 Å². The van der Waals surface area contributed by atoms with Crippen molar-refractivity contribution in [3.05, 3.63) is 0 Å². The minimum absolute atomic E-state index is 0.222. The predicted molar refractivity (Wildman–Crippen MR) is 66.1 cm³/mol. The molecule has 1 aliphatic rings. The molecule has 2 rings (SSSR count). The topological polar surface area (TPSA) is 77.2 Å². The highest BCUT2D eigenvalue weighted by atomic mass is 16.5. The third kappa shape index (κ3) is 2.75. The van der Waals surface area contributed by atoms with Gasteiger partial charge in [-0.05, 0) is 26.2 Å². The molecule has 0 saturated carbocycles. The Hall–Kier alpha value is -1.59. The average Bonchev–Trinajstić information content (AvgIpc) is 2.72. The molecule has 0 spiro atoms. The van der Waals surface area contributed by atoms with E-state index in [-0.39, 0.29) is 5.95 Å². The summed E-state index contributed by atoms with van der Waals surface area (Å²) >= 11 is 0. The zero-order valence-electron chi connectivity index (χ0n) is 10.4. The first kappa shape index (κ1) is 11.9. The highest BCUT2D eigenvalue weighted by molar-refractivity contribution is 5.38. The third-order valence-electron chi connectivity index (χ3n) is 2.87. The molecular weight excluding hydrogens is 218 g/mol. The lowest BCUT2D eigenvalue weighted by Gasteiger charge is -2.21. The number of nitrogens with two attached hydrogens (primary N) is 1. The summed E-state index contributed by atoms with van der Waals surface area (Å²) in [7, 11) is 0. The Morgan fingerprint density at radius 3 is 2.88 bits per heavy atom. The van der Waals surface area contributed by atoms with E-state index in [4.69, 9.17) is 10.5 Å². The van der Waals surface area contributed by atoms with Gasteiger partial charge in [-0.3, -0.25) is 0 Å². The Kier molecular flexibility index (Phi) is 3.61. The number of nitrogens with zero attached hydrogens (tertiary/aromatic N) is 4. The minimum atomic E-state index is 0.222. The molecule has 2 N–H and O–H groups in total. The van der Waals surface area contributed by atoms with Crippen LogP contribution in [0, 0.1) is 0 Å². The molecule has 94 valence electrons. The number of hydrogen-bond donors (Lipinski definition) is 1. The van der Waals surface area contributed by atoms with Crippen LogP contribution in [0.25, 0.3) is 0 Å². The molecule has 0 aliphatic carbocycles. The van der Waals surface area contributed by atoms with Gasteiger partial charge in [0.25, 0.3) is 0 Å². The fourth-order valence-electron chi connectivity index (χ4n) is 1.98. The van der Waals surface area contributed by atoms with Gasteiger partial charge in [-0.15, -0.1) is 0 Å². The zero-order chi connectivity index (χ0) is 12.3. The first-order valence-corrected chi connectivity index (χ1v) is 6.11. The summed E-state index contributed by atoms with van der Waals surface area (Å²) in [5, 5.41) is 0. The molecule has 1 fully saturated rings. The summed E-state index contributed by atoms with van der Waals surface area (Å²) in [6, 6.07) is 0.782. The maximum atomic E-state index is 5.68. The smallest absolute Gasteiger partial charge is 0.323 e. The van der Waals surface area contributed by atoms with Gasteiger partial charge in [0.1, 0.15) is 0 Å². The summed E-state index contributed by atoms with van der Waals surface area (Å²) < 4.78 is 5.40. The van der Waals surface area contributed by atoms with Gasteiger partial charge in [-0.1, -0.05) is 6.92 Å². The van der Waals surface area contributed by atoms with Gasteiger partial charge < -0.3 is 15.4 Å². The molecule has 1 unspecified atom stereocenters. The average molecular weight is 237 g/mol. The monoisotopic (exact) mass is 237 g/mol. The van der Waals surface area contributed by atoms with Gasteiger partial charge in [0.2, 0.25) is 11.9 Å². The number of nitrogen functional groups attached to an aromatic ring is 1. The summed E-state index contributed by atoms with van der Waals surface area (Å²) in [6.07, 6.45) is 3.25. The predicted octanol–water partition coefficient (Wildman–Crippen LogP) is 1.23. The summed E-state index contributed by atoms with van der Waals surface area (Å²) in [5.74, 6) is 0.855. The minimum Gasteiger partial charge on any atom is -0.463 e. The standard InChI is InChI=1S/C11H19N5O/c1-3-7-17-11-14-9(12)13-10(15-11)16-6-4-5-8(16)2/h8H,3-7H2,1-2H3,(H2,12,13,14,15). The van der Waals surface area contributed by atoms with Gasteiger partial charge in [0.15, 0.2) is 0 Å². The van der Waals surface area contributed by atoms with Crippen LogP contribution in [0.4, 0.5) is 11.9 Å². The van der Waals surface area contributed by atoms with Crippen molar-refractivity contribution in [1.29, 1.82) is 0 Å². The van der Waals surface area contributed by atoms with Crippen LogP contribution < -0.4 is 15.4 Å². The Morgan fingerprint density at radius 2 is 2.24 bits per heavy atom. The van der Waals surface area contributed by atoms with Crippen molar-refractivity contribution in [2.75, 3.05) is 23.8 Å². The second-order valence-corrected chi connectivity index (χ2v) is 4.31. The van der Waals surface area contributed by atoms with Crippen molar-refractivity contribution < 1.29 is 4.74 Å². The van der Waals surface area contributed by atoms with E-state index in [1.807, 2.05) is 6.92 Å². The van der Waals surface area contributed by atoms with Crippen molar-refractivity contribution in [1.82, 2.24) is 15.0 Å². The Morgan fingerprint density at radius 1 is 1.41 bits per heavy atom. The van der Waals surface area contributed by atoms with Crippen molar-refractivity contribution in [3.63, 3.8) is 0 Å². The maximum absolute atomic E-state index is 5.68. The lowest BCUT2D eigenvalue weighted by molar-refractivity contribution is 0.292. The number of aromatic nitrogens is 3. The van der Waals surface area contributed by atoms with Crippen LogP contribution in [0.2, 0.25) is 0 Å². The van der Waals surface area contributed by atoms with Crippen LogP contribution in [0.5, 0.6) is 6.01 Å². The molecule has 0 bridgehead atoms. The summed E-state index contributed by atoms with van der Waals surface area (Å²) in [5.41, 5.74) is 5.68. The van der Waals surface area contributed by atoms with E-state index in [9.17, 15) is 0 Å². The van der Waals surface area contributed by atoms with E-state index in [0.29, 0.717) is 24.6 Å². The fraction of sp³-hybridized carbons (Fsp3) is 0.727. The van der Waals surface area contributed by atoms with E-state index in [1.165, 1.54) is 0 Å². The molecule has 1 aliphatic heterocycles. The molecule has 1 aromatic heterocycles. The van der Waals surface area contributed by atoms with Crippen molar-refractivity contribution in [2.24, 2.45) is 0 Å². The molecule has 1 aromatic rings. The van der Waals surface area contributed by atoms with Crippen molar-refractivity contribution >= 4 is 11.9 Å². The normalized spacial score (nSPS) is 19.6. The molecule has 2 heterocycles. The molecule has 0 aromatic carbocycles. The molecule has 6 nitrogen and oxygen atoms in total. The van der Waals surface area contributed by atoms with Crippen molar-refractivity contribution in [2.45, 2.75) is 39.2 Å². The second-order valence-electron chi connectivity index (χ2n) is 4.31. The second kappa shape index (κ2) is 5.16. The molecule has 6 heteroatoms. The fourth-order valence-corrected chi connectivity index (χ4v) is 1.98. The highest BCUT2D eigenvalue weighted by Crippen LogP contribution is 2.23. The highest BCUT2D eigenvalue weighted by Gasteiger charge is 2.23. The Balaban J connectivity index is 2.18. The van der Waals surface area contributed by atoms with Crippen LogP contribution in [-0.4, -0.2) is 34.1 Å².